The first kappa shape index (κ1) is 13.2. The Balaban J connectivity index is 2.24. The predicted molar refractivity (Wildman–Crippen MR) is 73.2 cm³/mol. The summed E-state index contributed by atoms with van der Waals surface area (Å²) in [6, 6.07) is 6.32. The first-order valence-electron chi connectivity index (χ1n) is 5.91. The van der Waals surface area contributed by atoms with Gasteiger partial charge >= 0.3 is 0 Å². The van der Waals surface area contributed by atoms with E-state index in [1.54, 1.807) is 18.3 Å². The third kappa shape index (κ3) is 2.97. The van der Waals surface area contributed by atoms with Gasteiger partial charge in [0.25, 0.3) is 0 Å². The van der Waals surface area contributed by atoms with Gasteiger partial charge in [0.2, 0.25) is 0 Å². The maximum absolute atomic E-state index is 12.9. The van der Waals surface area contributed by atoms with Crippen molar-refractivity contribution in [3.63, 3.8) is 0 Å². The van der Waals surface area contributed by atoms with Crippen LogP contribution in [-0.2, 0) is 6.42 Å². The number of nitrogens with two attached hydrogens (primary N) is 1. The first-order valence-corrected chi connectivity index (χ1v) is 6.70. The molecule has 96 valence electrons. The lowest BCUT2D eigenvalue weighted by Gasteiger charge is -2.08. The lowest BCUT2D eigenvalue weighted by molar-refractivity contribution is 0.626. The van der Waals surface area contributed by atoms with Crippen LogP contribution in [0.4, 0.5) is 4.39 Å². The molecule has 0 amide bonds. The van der Waals surface area contributed by atoms with Gasteiger partial charge < -0.3 is 5.73 Å². The van der Waals surface area contributed by atoms with Crippen molar-refractivity contribution >= 4 is 15.9 Å². The SMILES string of the molecule is NCCCCc1c(Br)cnn1-c1ccc(F)cc1. The summed E-state index contributed by atoms with van der Waals surface area (Å²) < 4.78 is 15.7. The van der Waals surface area contributed by atoms with Gasteiger partial charge in [-0.3, -0.25) is 0 Å². The number of hydrogen-bond acceptors (Lipinski definition) is 2. The van der Waals surface area contributed by atoms with Crippen LogP contribution in [0.15, 0.2) is 34.9 Å². The highest BCUT2D eigenvalue weighted by atomic mass is 79.9. The topological polar surface area (TPSA) is 43.8 Å². The normalized spacial score (nSPS) is 10.8. The average molecular weight is 312 g/mol. The van der Waals surface area contributed by atoms with E-state index >= 15 is 0 Å². The van der Waals surface area contributed by atoms with Gasteiger partial charge in [-0.2, -0.15) is 5.10 Å². The number of unbranched alkanes of at least 4 members (excludes halogenated alkanes) is 1. The molecule has 0 unspecified atom stereocenters. The molecule has 0 bridgehead atoms. The number of halogens is 2. The fourth-order valence-electron chi connectivity index (χ4n) is 1.82. The van der Waals surface area contributed by atoms with Crippen molar-refractivity contribution in [1.82, 2.24) is 9.78 Å². The second kappa shape index (κ2) is 6.11. The van der Waals surface area contributed by atoms with E-state index in [1.165, 1.54) is 12.1 Å². The van der Waals surface area contributed by atoms with E-state index in [1.807, 2.05) is 4.68 Å². The van der Waals surface area contributed by atoms with Crippen molar-refractivity contribution in [2.45, 2.75) is 19.3 Å². The van der Waals surface area contributed by atoms with Crippen LogP contribution in [0.3, 0.4) is 0 Å². The molecule has 1 aromatic heterocycles. The molecule has 0 spiro atoms. The molecule has 0 saturated carbocycles. The van der Waals surface area contributed by atoms with Crippen molar-refractivity contribution in [3.05, 3.63) is 46.4 Å². The largest absolute Gasteiger partial charge is 0.330 e. The van der Waals surface area contributed by atoms with Crippen LogP contribution in [0.5, 0.6) is 0 Å². The highest BCUT2D eigenvalue weighted by Crippen LogP contribution is 2.21. The zero-order valence-electron chi connectivity index (χ0n) is 9.94. The van der Waals surface area contributed by atoms with Crippen LogP contribution in [0, 0.1) is 5.82 Å². The van der Waals surface area contributed by atoms with Crippen LogP contribution in [0.25, 0.3) is 5.69 Å². The van der Waals surface area contributed by atoms with E-state index in [4.69, 9.17) is 5.73 Å². The van der Waals surface area contributed by atoms with E-state index in [0.29, 0.717) is 6.54 Å². The van der Waals surface area contributed by atoms with Crippen molar-refractivity contribution < 1.29 is 4.39 Å². The Labute approximate surface area is 114 Å². The number of rotatable bonds is 5. The molecule has 2 rings (SSSR count). The van der Waals surface area contributed by atoms with Crippen molar-refractivity contribution in [2.75, 3.05) is 6.54 Å². The fourth-order valence-corrected chi connectivity index (χ4v) is 2.28. The first-order chi connectivity index (χ1) is 8.72. The third-order valence-electron chi connectivity index (χ3n) is 2.76. The van der Waals surface area contributed by atoms with Gasteiger partial charge in [0, 0.05) is 0 Å². The molecule has 2 aromatic rings. The fraction of sp³-hybridized carbons (Fsp3) is 0.308. The Kier molecular flexibility index (Phi) is 4.49. The van der Waals surface area contributed by atoms with Crippen molar-refractivity contribution in [3.8, 4) is 5.69 Å². The standard InChI is InChI=1S/C13H15BrFN3/c14-12-9-17-18(13(12)3-1-2-8-16)11-6-4-10(15)5-7-11/h4-7,9H,1-3,8,16H2. The summed E-state index contributed by atoms with van der Waals surface area (Å²) in [6.45, 7) is 0.697. The van der Waals surface area contributed by atoms with Crippen molar-refractivity contribution in [1.29, 1.82) is 0 Å². The third-order valence-corrected chi connectivity index (χ3v) is 3.42. The summed E-state index contributed by atoms with van der Waals surface area (Å²) in [5.41, 5.74) is 7.45. The molecule has 0 fully saturated rings. The molecule has 3 nitrogen and oxygen atoms in total. The van der Waals surface area contributed by atoms with Gasteiger partial charge in [-0.25, -0.2) is 9.07 Å². The van der Waals surface area contributed by atoms with Crippen molar-refractivity contribution in [2.24, 2.45) is 5.73 Å². The minimum absolute atomic E-state index is 0.241. The number of nitrogens with zero attached hydrogens (tertiary/aromatic N) is 2. The van der Waals surface area contributed by atoms with Crippen LogP contribution >= 0.6 is 15.9 Å². The molecule has 0 radical (unpaired) electrons. The highest BCUT2D eigenvalue weighted by molar-refractivity contribution is 9.10. The summed E-state index contributed by atoms with van der Waals surface area (Å²) in [5.74, 6) is -0.241. The Hall–Kier alpha value is -1.20. The van der Waals surface area contributed by atoms with E-state index in [0.717, 1.165) is 35.1 Å². The van der Waals surface area contributed by atoms with E-state index < -0.39 is 0 Å². The van der Waals surface area contributed by atoms with E-state index in [9.17, 15) is 4.39 Å². The Morgan fingerprint density at radius 3 is 2.61 bits per heavy atom. The molecule has 1 aromatic carbocycles. The molecule has 1 heterocycles. The summed E-state index contributed by atoms with van der Waals surface area (Å²) in [5, 5.41) is 4.31. The lowest BCUT2D eigenvalue weighted by Crippen LogP contribution is -2.04. The number of aromatic nitrogens is 2. The molecule has 0 atom stereocenters. The Morgan fingerprint density at radius 2 is 1.94 bits per heavy atom. The van der Waals surface area contributed by atoms with Crippen LogP contribution in [0.1, 0.15) is 18.5 Å². The van der Waals surface area contributed by atoms with Gasteiger partial charge in [-0.15, -0.1) is 0 Å². The van der Waals surface area contributed by atoms with E-state index in [-0.39, 0.29) is 5.82 Å². The summed E-state index contributed by atoms with van der Waals surface area (Å²) in [6.07, 6.45) is 4.67. The summed E-state index contributed by atoms with van der Waals surface area (Å²) >= 11 is 3.49. The molecule has 0 aliphatic rings. The molecular formula is C13H15BrFN3. The summed E-state index contributed by atoms with van der Waals surface area (Å²) in [7, 11) is 0. The maximum atomic E-state index is 12.9. The summed E-state index contributed by atoms with van der Waals surface area (Å²) in [4.78, 5) is 0. The predicted octanol–water partition coefficient (Wildman–Crippen LogP) is 3.06. The van der Waals surface area contributed by atoms with Gasteiger partial charge in [0.05, 0.1) is 22.1 Å². The zero-order chi connectivity index (χ0) is 13.0. The number of benzene rings is 1. The quantitative estimate of drug-likeness (QED) is 0.862. The molecule has 0 aliphatic heterocycles. The van der Waals surface area contributed by atoms with Gasteiger partial charge in [0.15, 0.2) is 0 Å². The lowest BCUT2D eigenvalue weighted by atomic mass is 10.2. The average Bonchev–Trinajstić information content (AvgIpc) is 2.73. The van der Waals surface area contributed by atoms with Crippen LogP contribution in [-0.4, -0.2) is 16.3 Å². The van der Waals surface area contributed by atoms with Gasteiger partial charge in [0.1, 0.15) is 5.82 Å². The Morgan fingerprint density at radius 1 is 1.22 bits per heavy atom. The van der Waals surface area contributed by atoms with E-state index in [2.05, 4.69) is 21.0 Å². The molecule has 18 heavy (non-hydrogen) atoms. The van der Waals surface area contributed by atoms with Crippen LogP contribution in [0.2, 0.25) is 0 Å². The highest BCUT2D eigenvalue weighted by Gasteiger charge is 2.10. The Bertz CT molecular complexity index is 507. The maximum Gasteiger partial charge on any atom is 0.123 e. The smallest absolute Gasteiger partial charge is 0.123 e. The second-order valence-corrected chi connectivity index (χ2v) is 4.93. The zero-order valence-corrected chi connectivity index (χ0v) is 11.5. The molecule has 5 heteroatoms. The minimum Gasteiger partial charge on any atom is -0.330 e. The molecule has 0 saturated heterocycles. The monoisotopic (exact) mass is 311 g/mol. The molecule has 0 aliphatic carbocycles. The minimum atomic E-state index is -0.241. The second-order valence-electron chi connectivity index (χ2n) is 4.07. The molecule has 2 N–H and O–H groups in total. The van der Waals surface area contributed by atoms with Gasteiger partial charge in [-0.1, -0.05) is 0 Å². The number of hydrogen-bond donors (Lipinski definition) is 1. The molecular weight excluding hydrogens is 297 g/mol. The van der Waals surface area contributed by atoms with Gasteiger partial charge in [-0.05, 0) is 66.0 Å². The van der Waals surface area contributed by atoms with Crippen LogP contribution < -0.4 is 5.73 Å².